The van der Waals surface area contributed by atoms with E-state index in [0.717, 1.165) is 13.7 Å². The number of carbonyl (C=O) groups is 3. The highest BCUT2D eigenvalue weighted by Gasteiger charge is 2.24. The Morgan fingerprint density at radius 1 is 0.510 bits per heavy atom. The average Bonchev–Trinajstić information content (AvgIpc) is 3.10. The molecule has 12 nitrogen and oxygen atoms in total. The van der Waals surface area contributed by atoms with E-state index in [1.807, 2.05) is 0 Å². The number of benzene rings is 3. The molecule has 0 fully saturated rings. The molecule has 3 aromatic carbocycles. The Morgan fingerprint density at radius 2 is 0.765 bits per heavy atom. The van der Waals surface area contributed by atoms with Gasteiger partial charge in [-0.2, -0.15) is 0 Å². The average molecular weight is 694 g/mol. The van der Waals surface area contributed by atoms with Crippen LogP contribution in [-0.4, -0.2) is 51.4 Å². The zero-order chi connectivity index (χ0) is 37.2. The molecular formula is C39H39N3O9. The van der Waals surface area contributed by atoms with Crippen molar-refractivity contribution in [3.63, 3.8) is 0 Å². The summed E-state index contributed by atoms with van der Waals surface area (Å²) in [4.78, 5) is 81.0. The van der Waals surface area contributed by atoms with Crippen LogP contribution in [0.5, 0.6) is 0 Å². The molecule has 0 radical (unpaired) electrons. The highest BCUT2D eigenvalue weighted by Crippen LogP contribution is 2.21. The topological polar surface area (TPSA) is 145 Å². The molecule has 4 rings (SSSR count). The molecule has 0 aliphatic heterocycles. The Hall–Kier alpha value is -6.30. The van der Waals surface area contributed by atoms with Crippen LogP contribution in [0, 0.1) is 20.8 Å². The minimum absolute atomic E-state index is 0.0154. The lowest BCUT2D eigenvalue weighted by molar-refractivity contribution is -0.142. The molecule has 0 unspecified atom stereocenters. The van der Waals surface area contributed by atoms with Crippen molar-refractivity contribution >= 4 is 17.9 Å². The SMILES string of the molecule is C=CCOC(=O)Cc1cccc(-n2c(=O)n(-c3cccc(CC(=O)OCC=C)c3C)c(=O)n(-c3cccc(CC(=O)OCC=C)c3C)c2=O)c1C. The highest BCUT2D eigenvalue weighted by atomic mass is 16.5. The van der Waals surface area contributed by atoms with Crippen LogP contribution in [-0.2, 0) is 47.9 Å². The fourth-order valence-electron chi connectivity index (χ4n) is 5.55. The van der Waals surface area contributed by atoms with Gasteiger partial charge in [-0.1, -0.05) is 74.4 Å². The third kappa shape index (κ3) is 8.30. The van der Waals surface area contributed by atoms with Gasteiger partial charge < -0.3 is 14.2 Å². The molecule has 0 aliphatic carbocycles. The summed E-state index contributed by atoms with van der Waals surface area (Å²) in [6.07, 6.45) is 3.87. The second-order valence-electron chi connectivity index (χ2n) is 11.5. The Kier molecular flexibility index (Phi) is 12.4. The maximum Gasteiger partial charge on any atom is 0.345 e. The number of ether oxygens (including phenoxy) is 3. The molecule has 0 aliphatic rings. The van der Waals surface area contributed by atoms with Crippen LogP contribution in [0.4, 0.5) is 0 Å². The summed E-state index contributed by atoms with van der Waals surface area (Å²) in [5.41, 5.74) is 0.199. The first-order valence-electron chi connectivity index (χ1n) is 16.0. The summed E-state index contributed by atoms with van der Waals surface area (Å²) >= 11 is 0. The van der Waals surface area contributed by atoms with E-state index in [4.69, 9.17) is 14.2 Å². The van der Waals surface area contributed by atoms with Crippen LogP contribution in [0.1, 0.15) is 33.4 Å². The Bertz CT molecular complexity index is 1930. The quantitative estimate of drug-likeness (QED) is 0.103. The molecule has 0 saturated carbocycles. The number of nitrogens with zero attached hydrogens (tertiary/aromatic N) is 3. The third-order valence-corrected chi connectivity index (χ3v) is 8.21. The van der Waals surface area contributed by atoms with Crippen molar-refractivity contribution in [1.29, 1.82) is 0 Å². The zero-order valence-electron chi connectivity index (χ0n) is 28.8. The van der Waals surface area contributed by atoms with Gasteiger partial charge in [0, 0.05) is 0 Å². The second-order valence-corrected chi connectivity index (χ2v) is 11.5. The number of carbonyl (C=O) groups excluding carboxylic acids is 3. The van der Waals surface area contributed by atoms with E-state index in [9.17, 15) is 28.8 Å². The van der Waals surface area contributed by atoms with Gasteiger partial charge in [0.05, 0.1) is 36.3 Å². The van der Waals surface area contributed by atoms with E-state index in [2.05, 4.69) is 19.7 Å². The highest BCUT2D eigenvalue weighted by molar-refractivity contribution is 5.75. The van der Waals surface area contributed by atoms with Crippen LogP contribution in [0.25, 0.3) is 17.1 Å². The van der Waals surface area contributed by atoms with Crippen molar-refractivity contribution in [3.8, 4) is 17.1 Å². The van der Waals surface area contributed by atoms with Gasteiger partial charge in [-0.3, -0.25) is 14.4 Å². The Labute approximate surface area is 294 Å². The predicted octanol–water partition coefficient (Wildman–Crippen LogP) is 3.88. The van der Waals surface area contributed by atoms with Gasteiger partial charge in [-0.25, -0.2) is 28.1 Å². The van der Waals surface area contributed by atoms with Gasteiger partial charge in [0.15, 0.2) is 0 Å². The minimum Gasteiger partial charge on any atom is -0.461 e. The van der Waals surface area contributed by atoms with Gasteiger partial charge in [0.1, 0.15) is 19.8 Å². The van der Waals surface area contributed by atoms with E-state index in [1.165, 1.54) is 36.4 Å². The van der Waals surface area contributed by atoms with Crippen molar-refractivity contribution in [2.24, 2.45) is 0 Å². The number of hydrogen-bond acceptors (Lipinski definition) is 9. The molecule has 264 valence electrons. The summed E-state index contributed by atoms with van der Waals surface area (Å²) in [5, 5.41) is 0. The smallest absolute Gasteiger partial charge is 0.345 e. The molecular weight excluding hydrogens is 654 g/mol. The van der Waals surface area contributed by atoms with E-state index in [0.29, 0.717) is 33.4 Å². The number of aromatic nitrogens is 3. The van der Waals surface area contributed by atoms with Crippen LogP contribution < -0.4 is 17.1 Å². The van der Waals surface area contributed by atoms with Crippen LogP contribution in [0.2, 0.25) is 0 Å². The molecule has 0 N–H and O–H groups in total. The number of hydrogen-bond donors (Lipinski definition) is 0. The van der Waals surface area contributed by atoms with Crippen molar-refractivity contribution in [2.75, 3.05) is 19.8 Å². The van der Waals surface area contributed by atoms with E-state index in [1.54, 1.807) is 57.2 Å². The molecule has 51 heavy (non-hydrogen) atoms. The summed E-state index contributed by atoms with van der Waals surface area (Å²) in [5.74, 6) is -1.62. The van der Waals surface area contributed by atoms with E-state index < -0.39 is 35.0 Å². The third-order valence-electron chi connectivity index (χ3n) is 8.21. The van der Waals surface area contributed by atoms with Gasteiger partial charge in [0.2, 0.25) is 0 Å². The molecule has 0 spiro atoms. The molecule has 0 amide bonds. The molecule has 0 saturated heterocycles. The maximum atomic E-state index is 14.5. The van der Waals surface area contributed by atoms with Crippen molar-refractivity contribution in [1.82, 2.24) is 13.7 Å². The van der Waals surface area contributed by atoms with Crippen molar-refractivity contribution in [3.05, 3.63) is 157 Å². The van der Waals surface area contributed by atoms with E-state index in [-0.39, 0.29) is 56.1 Å². The van der Waals surface area contributed by atoms with Gasteiger partial charge in [-0.15, -0.1) is 0 Å². The Balaban J connectivity index is 2.04. The molecule has 0 bridgehead atoms. The fourth-order valence-corrected chi connectivity index (χ4v) is 5.55. The molecule has 1 aromatic heterocycles. The van der Waals surface area contributed by atoms with Gasteiger partial charge >= 0.3 is 35.0 Å². The van der Waals surface area contributed by atoms with Crippen LogP contribution in [0.15, 0.2) is 107 Å². The monoisotopic (exact) mass is 693 g/mol. The minimum atomic E-state index is -0.980. The summed E-state index contributed by atoms with van der Waals surface area (Å²) in [6.45, 7) is 15.6. The van der Waals surface area contributed by atoms with Crippen LogP contribution in [0.3, 0.4) is 0 Å². The lowest BCUT2D eigenvalue weighted by Crippen LogP contribution is -2.53. The maximum absolute atomic E-state index is 14.5. The summed E-state index contributed by atoms with van der Waals surface area (Å²) in [7, 11) is 0. The summed E-state index contributed by atoms with van der Waals surface area (Å²) in [6, 6.07) is 14.4. The van der Waals surface area contributed by atoms with Gasteiger partial charge in [0.25, 0.3) is 0 Å². The summed E-state index contributed by atoms with van der Waals surface area (Å²) < 4.78 is 18.0. The van der Waals surface area contributed by atoms with Crippen LogP contribution >= 0.6 is 0 Å². The van der Waals surface area contributed by atoms with E-state index >= 15 is 0 Å². The largest absolute Gasteiger partial charge is 0.461 e. The second kappa shape index (κ2) is 16.9. The number of rotatable bonds is 15. The van der Waals surface area contributed by atoms with Crippen molar-refractivity contribution < 1.29 is 28.6 Å². The molecule has 12 heteroatoms. The first-order valence-corrected chi connectivity index (χ1v) is 16.0. The fraction of sp³-hybridized carbons (Fsp3) is 0.231. The first kappa shape index (κ1) is 37.5. The molecule has 1 heterocycles. The predicted molar refractivity (Wildman–Crippen MR) is 192 cm³/mol. The lowest BCUT2D eigenvalue weighted by atomic mass is 10.0. The first-order chi connectivity index (χ1) is 24.4. The number of esters is 3. The lowest BCUT2D eigenvalue weighted by Gasteiger charge is -2.20. The zero-order valence-corrected chi connectivity index (χ0v) is 28.8. The Morgan fingerprint density at radius 3 is 1.00 bits per heavy atom. The van der Waals surface area contributed by atoms with Crippen molar-refractivity contribution in [2.45, 2.75) is 40.0 Å². The molecule has 0 atom stereocenters. The normalized spacial score (nSPS) is 10.6. The standard InChI is InChI=1S/C39H39N3O9/c1-7-19-49-34(43)22-28-13-10-16-31(25(28)4)40-37(46)41(32-17-11-14-29(26(32)5)23-35(44)50-20-8-2)39(48)42(38(40)47)33-18-12-15-30(27(33)6)24-36(45)51-21-9-3/h7-18H,1-3,19-24H2,4-6H3. The molecule has 4 aromatic rings. The van der Waals surface area contributed by atoms with Gasteiger partial charge in [-0.05, 0) is 72.4 Å².